The van der Waals surface area contributed by atoms with Crippen LogP contribution >= 0.6 is 0 Å². The van der Waals surface area contributed by atoms with Crippen LogP contribution in [0.15, 0.2) is 24.3 Å². The first-order valence-corrected chi connectivity index (χ1v) is 9.57. The van der Waals surface area contributed by atoms with E-state index in [4.69, 9.17) is 5.73 Å². The molecule has 0 spiro atoms. The molecule has 5 N–H and O–H groups in total. The highest BCUT2D eigenvalue weighted by Gasteiger charge is 2.46. The van der Waals surface area contributed by atoms with Gasteiger partial charge in [-0.1, -0.05) is 12.1 Å². The molecular formula is C19H26FN5O3. The molecule has 8 nitrogen and oxygen atoms in total. The molecule has 2 fully saturated rings. The SMILES string of the molecule is NCCCC[C@@H]1NC(=O)[C@@H]2C[C@H](NC(=O)NCc3cccc(F)c3)CN2C1=O. The van der Waals surface area contributed by atoms with Crippen LogP contribution in [0.1, 0.15) is 31.2 Å². The average molecular weight is 391 g/mol. The summed E-state index contributed by atoms with van der Waals surface area (Å²) in [5.74, 6) is -0.647. The minimum absolute atomic E-state index is 0.105. The maximum absolute atomic E-state index is 13.2. The molecule has 0 unspecified atom stereocenters. The Morgan fingerprint density at radius 3 is 2.89 bits per heavy atom. The van der Waals surface area contributed by atoms with Crippen molar-refractivity contribution in [2.24, 2.45) is 5.73 Å². The quantitative estimate of drug-likeness (QED) is 0.498. The van der Waals surface area contributed by atoms with Crippen molar-refractivity contribution in [3.8, 4) is 0 Å². The Morgan fingerprint density at radius 1 is 1.32 bits per heavy atom. The highest BCUT2D eigenvalue weighted by atomic mass is 19.1. The van der Waals surface area contributed by atoms with Crippen molar-refractivity contribution in [2.75, 3.05) is 13.1 Å². The van der Waals surface area contributed by atoms with Crippen LogP contribution in [0.3, 0.4) is 0 Å². The van der Waals surface area contributed by atoms with E-state index in [0.29, 0.717) is 31.5 Å². The maximum atomic E-state index is 13.2. The van der Waals surface area contributed by atoms with Crippen molar-refractivity contribution < 1.29 is 18.8 Å². The molecule has 1 aromatic carbocycles. The zero-order valence-corrected chi connectivity index (χ0v) is 15.6. The Morgan fingerprint density at radius 2 is 2.14 bits per heavy atom. The molecule has 2 heterocycles. The number of hydrogen-bond acceptors (Lipinski definition) is 4. The summed E-state index contributed by atoms with van der Waals surface area (Å²) in [7, 11) is 0. The summed E-state index contributed by atoms with van der Waals surface area (Å²) in [5.41, 5.74) is 6.12. The first kappa shape index (κ1) is 20.1. The predicted octanol–water partition coefficient (Wildman–Crippen LogP) is 0.222. The van der Waals surface area contributed by atoms with E-state index in [1.165, 1.54) is 12.1 Å². The minimum Gasteiger partial charge on any atom is -0.343 e. The highest BCUT2D eigenvalue weighted by Crippen LogP contribution is 2.24. The van der Waals surface area contributed by atoms with Crippen LogP contribution in [0.25, 0.3) is 0 Å². The number of fused-ring (bicyclic) bond motifs is 1. The van der Waals surface area contributed by atoms with Gasteiger partial charge in [0.15, 0.2) is 0 Å². The summed E-state index contributed by atoms with van der Waals surface area (Å²) in [6.07, 6.45) is 2.52. The van der Waals surface area contributed by atoms with Crippen molar-refractivity contribution in [3.63, 3.8) is 0 Å². The number of nitrogens with one attached hydrogen (secondary N) is 3. The van der Waals surface area contributed by atoms with Gasteiger partial charge in [0.25, 0.3) is 0 Å². The van der Waals surface area contributed by atoms with E-state index in [1.54, 1.807) is 17.0 Å². The van der Waals surface area contributed by atoms with Gasteiger partial charge in [-0.3, -0.25) is 9.59 Å². The molecule has 2 aliphatic rings. The molecule has 28 heavy (non-hydrogen) atoms. The number of hydrogen-bond donors (Lipinski definition) is 4. The van der Waals surface area contributed by atoms with Crippen molar-refractivity contribution in [2.45, 2.75) is 50.4 Å². The van der Waals surface area contributed by atoms with E-state index < -0.39 is 18.1 Å². The number of nitrogens with two attached hydrogens (primary N) is 1. The largest absolute Gasteiger partial charge is 0.343 e. The minimum atomic E-state index is -0.549. The lowest BCUT2D eigenvalue weighted by Gasteiger charge is -2.34. The summed E-state index contributed by atoms with van der Waals surface area (Å²) in [5, 5.41) is 8.25. The van der Waals surface area contributed by atoms with Gasteiger partial charge in [0.05, 0.1) is 6.04 Å². The second kappa shape index (κ2) is 9.01. The molecule has 1 aromatic rings. The third-order valence-electron chi connectivity index (χ3n) is 5.13. The lowest BCUT2D eigenvalue weighted by molar-refractivity contribution is -0.147. The number of urea groups is 1. The van der Waals surface area contributed by atoms with E-state index in [0.717, 1.165) is 12.8 Å². The zero-order chi connectivity index (χ0) is 20.1. The predicted molar refractivity (Wildman–Crippen MR) is 101 cm³/mol. The molecule has 152 valence electrons. The van der Waals surface area contributed by atoms with Crippen LogP contribution < -0.4 is 21.7 Å². The van der Waals surface area contributed by atoms with Crippen LogP contribution in [0.4, 0.5) is 9.18 Å². The fourth-order valence-corrected chi connectivity index (χ4v) is 3.72. The second-order valence-electron chi connectivity index (χ2n) is 7.24. The third-order valence-corrected chi connectivity index (χ3v) is 5.13. The zero-order valence-electron chi connectivity index (χ0n) is 15.6. The summed E-state index contributed by atoms with van der Waals surface area (Å²) < 4.78 is 13.2. The summed E-state index contributed by atoms with van der Waals surface area (Å²) >= 11 is 0. The second-order valence-corrected chi connectivity index (χ2v) is 7.24. The molecule has 0 radical (unpaired) electrons. The Hall–Kier alpha value is -2.68. The van der Waals surface area contributed by atoms with Gasteiger partial charge in [-0.25, -0.2) is 9.18 Å². The van der Waals surface area contributed by atoms with Crippen LogP contribution in [-0.4, -0.2) is 54.0 Å². The third kappa shape index (κ3) is 4.78. The molecule has 0 aliphatic carbocycles. The smallest absolute Gasteiger partial charge is 0.315 e. The molecule has 0 aromatic heterocycles. The van der Waals surface area contributed by atoms with Crippen LogP contribution in [0, 0.1) is 5.82 Å². The fourth-order valence-electron chi connectivity index (χ4n) is 3.72. The molecule has 4 amide bonds. The number of halogens is 1. The van der Waals surface area contributed by atoms with Crippen LogP contribution in [0.2, 0.25) is 0 Å². The van der Waals surface area contributed by atoms with Crippen LogP contribution in [-0.2, 0) is 16.1 Å². The van der Waals surface area contributed by atoms with Crippen molar-refractivity contribution >= 4 is 17.8 Å². The van der Waals surface area contributed by atoms with E-state index in [1.807, 2.05) is 0 Å². The van der Waals surface area contributed by atoms with Crippen molar-refractivity contribution in [1.82, 2.24) is 20.9 Å². The number of carbonyl (C=O) groups excluding carboxylic acids is 3. The van der Waals surface area contributed by atoms with E-state index in [9.17, 15) is 18.8 Å². The summed E-state index contributed by atoms with van der Waals surface area (Å²) in [6.45, 7) is 1.04. The number of unbranched alkanes of at least 4 members (excludes halogenated alkanes) is 1. The maximum Gasteiger partial charge on any atom is 0.315 e. The highest BCUT2D eigenvalue weighted by molar-refractivity contribution is 5.97. The van der Waals surface area contributed by atoms with Gasteiger partial charge in [-0.15, -0.1) is 0 Å². The molecule has 9 heteroatoms. The van der Waals surface area contributed by atoms with Gasteiger partial charge in [0.2, 0.25) is 11.8 Å². The average Bonchev–Trinajstić information content (AvgIpc) is 3.09. The Labute approximate surface area is 163 Å². The van der Waals surface area contributed by atoms with Crippen molar-refractivity contribution in [1.29, 1.82) is 0 Å². The van der Waals surface area contributed by atoms with Gasteiger partial charge >= 0.3 is 6.03 Å². The first-order valence-electron chi connectivity index (χ1n) is 9.57. The van der Waals surface area contributed by atoms with Gasteiger partial charge in [0, 0.05) is 13.1 Å². The lowest BCUT2D eigenvalue weighted by atomic mass is 10.0. The first-order chi connectivity index (χ1) is 13.5. The normalized spacial score (nSPS) is 23.9. The Bertz CT molecular complexity index is 744. The van der Waals surface area contributed by atoms with Gasteiger partial charge < -0.3 is 26.6 Å². The van der Waals surface area contributed by atoms with Gasteiger partial charge in [-0.05, 0) is 49.9 Å². The van der Waals surface area contributed by atoms with E-state index >= 15 is 0 Å². The number of amides is 4. The number of benzene rings is 1. The molecule has 0 bridgehead atoms. The summed E-state index contributed by atoms with van der Waals surface area (Å²) in [6, 6.07) is 4.19. The number of rotatable bonds is 7. The number of piperazine rings is 1. The Kier molecular flexibility index (Phi) is 6.45. The van der Waals surface area contributed by atoms with Crippen molar-refractivity contribution in [3.05, 3.63) is 35.6 Å². The van der Waals surface area contributed by atoms with E-state index in [2.05, 4.69) is 16.0 Å². The topological polar surface area (TPSA) is 117 Å². The molecule has 0 saturated carbocycles. The van der Waals surface area contributed by atoms with E-state index in [-0.39, 0.29) is 30.2 Å². The molecular weight excluding hydrogens is 365 g/mol. The van der Waals surface area contributed by atoms with Gasteiger partial charge in [-0.2, -0.15) is 0 Å². The van der Waals surface area contributed by atoms with Crippen LogP contribution in [0.5, 0.6) is 0 Å². The molecule has 3 atom stereocenters. The monoisotopic (exact) mass is 391 g/mol. The van der Waals surface area contributed by atoms with Gasteiger partial charge in [0.1, 0.15) is 17.9 Å². The molecule has 2 aliphatic heterocycles. The fraction of sp³-hybridized carbons (Fsp3) is 0.526. The Balaban J connectivity index is 1.50. The standard InChI is InChI=1S/C19H26FN5O3/c20-13-5-3-4-12(8-13)10-22-19(28)23-14-9-16-17(26)24-15(6-1-2-7-21)18(27)25(16)11-14/h3-5,8,14-16H,1-2,6-7,9-11,21H2,(H,24,26)(H2,22,23,28)/t14-,15-,16-/m0/s1. The number of nitrogens with zero attached hydrogens (tertiary/aromatic N) is 1. The lowest BCUT2D eigenvalue weighted by Crippen LogP contribution is -2.61. The number of carbonyl (C=O) groups is 3. The summed E-state index contributed by atoms with van der Waals surface area (Å²) in [4.78, 5) is 38.7. The molecule has 2 saturated heterocycles. The molecule has 3 rings (SSSR count).